The molecule has 2 aromatic heterocycles. The summed E-state index contributed by atoms with van der Waals surface area (Å²) in [5, 5.41) is 12.1. The smallest absolute Gasteiger partial charge is 0.319 e. The van der Waals surface area contributed by atoms with Gasteiger partial charge in [0.1, 0.15) is 53.4 Å². The van der Waals surface area contributed by atoms with Gasteiger partial charge in [0.15, 0.2) is 5.82 Å². The fraction of sp³-hybridized carbons (Fsp3) is 0.528. The topological polar surface area (TPSA) is 83.8 Å². The molecule has 3 fully saturated rings. The number of halogens is 3. The average Bonchev–Trinajstić information content (AvgIpc) is 3.50. The van der Waals surface area contributed by atoms with Crippen LogP contribution in [0.4, 0.5) is 19.0 Å². The molecule has 0 amide bonds. The number of hydrogen-bond acceptors (Lipinski definition) is 8. The van der Waals surface area contributed by atoms with Crippen molar-refractivity contribution in [2.45, 2.75) is 77.0 Å². The zero-order valence-corrected chi connectivity index (χ0v) is 27.0. The van der Waals surface area contributed by atoms with Crippen LogP contribution in [0.15, 0.2) is 24.3 Å². The van der Waals surface area contributed by atoms with Crippen LogP contribution in [0.2, 0.25) is 0 Å². The molecule has 0 spiro atoms. The number of benzene rings is 2. The van der Waals surface area contributed by atoms with E-state index in [4.69, 9.17) is 19.4 Å². The van der Waals surface area contributed by atoms with Gasteiger partial charge >= 0.3 is 6.01 Å². The lowest BCUT2D eigenvalue weighted by Crippen LogP contribution is -2.44. The van der Waals surface area contributed by atoms with Gasteiger partial charge < -0.3 is 19.5 Å². The van der Waals surface area contributed by atoms with E-state index in [2.05, 4.69) is 28.6 Å². The molecule has 248 valence electrons. The Balaban J connectivity index is 1.29. The highest BCUT2D eigenvalue weighted by Crippen LogP contribution is 2.47. The van der Waals surface area contributed by atoms with Gasteiger partial charge in [-0.2, -0.15) is 9.97 Å². The highest BCUT2D eigenvalue weighted by Gasteiger charge is 2.53. The number of phenols is 1. The van der Waals surface area contributed by atoms with E-state index in [-0.39, 0.29) is 47.1 Å². The number of alkyl halides is 1. The Labute approximate surface area is 271 Å². The van der Waals surface area contributed by atoms with E-state index >= 15 is 8.78 Å². The van der Waals surface area contributed by atoms with Gasteiger partial charge in [-0.3, -0.25) is 4.90 Å². The first kappa shape index (κ1) is 30.5. The van der Waals surface area contributed by atoms with Crippen LogP contribution in [-0.4, -0.2) is 75.6 Å². The molecule has 0 saturated carbocycles. The molecule has 4 aliphatic heterocycles. The minimum Gasteiger partial charge on any atom is -0.508 e. The molecule has 8 nitrogen and oxygen atoms in total. The normalized spacial score (nSPS) is 25.7. The number of rotatable bonds is 6. The van der Waals surface area contributed by atoms with Crippen molar-refractivity contribution in [3.8, 4) is 28.9 Å². The summed E-state index contributed by atoms with van der Waals surface area (Å²) >= 11 is 0. The van der Waals surface area contributed by atoms with E-state index in [9.17, 15) is 9.50 Å². The van der Waals surface area contributed by atoms with Gasteiger partial charge in [-0.25, -0.2) is 18.2 Å². The van der Waals surface area contributed by atoms with Gasteiger partial charge in [-0.1, -0.05) is 26.8 Å². The Morgan fingerprint density at radius 3 is 2.74 bits per heavy atom. The number of aromatic nitrogens is 3. The molecule has 0 bridgehead atoms. The number of ether oxygens (including phenoxy) is 2. The summed E-state index contributed by atoms with van der Waals surface area (Å²) in [7, 11) is 0. The van der Waals surface area contributed by atoms with Gasteiger partial charge in [0, 0.05) is 31.6 Å². The summed E-state index contributed by atoms with van der Waals surface area (Å²) in [4.78, 5) is 18.6. The number of nitrogens with zero attached hydrogens (tertiary/aromatic N) is 5. The molecule has 11 heteroatoms. The number of anilines is 1. The molecule has 8 rings (SSSR count). The molecule has 6 heterocycles. The van der Waals surface area contributed by atoms with Crippen molar-refractivity contribution in [2.75, 3.05) is 37.7 Å². The largest absolute Gasteiger partial charge is 0.508 e. The lowest BCUT2D eigenvalue weighted by Gasteiger charge is -2.35. The van der Waals surface area contributed by atoms with Crippen LogP contribution in [0.25, 0.3) is 32.9 Å². The van der Waals surface area contributed by atoms with E-state index in [1.165, 1.54) is 18.2 Å². The van der Waals surface area contributed by atoms with Crippen LogP contribution in [0.1, 0.15) is 58.4 Å². The van der Waals surface area contributed by atoms with Crippen LogP contribution >= 0.6 is 0 Å². The number of fused-ring (bicyclic) bond motifs is 4. The molecule has 2 aromatic carbocycles. The van der Waals surface area contributed by atoms with Crippen molar-refractivity contribution in [3.63, 3.8) is 0 Å². The second kappa shape index (κ2) is 11.4. The highest BCUT2D eigenvalue weighted by molar-refractivity contribution is 6.03. The maximum Gasteiger partial charge on any atom is 0.319 e. The Hall–Kier alpha value is -3.86. The Bertz CT molecular complexity index is 1890. The van der Waals surface area contributed by atoms with Crippen LogP contribution in [-0.2, 0) is 6.42 Å². The van der Waals surface area contributed by atoms with E-state index in [1.807, 2.05) is 6.92 Å². The molecular weight excluding hydrogens is 607 g/mol. The van der Waals surface area contributed by atoms with Crippen molar-refractivity contribution >= 4 is 27.5 Å². The molecule has 4 aliphatic rings. The van der Waals surface area contributed by atoms with Crippen LogP contribution in [0.5, 0.6) is 17.6 Å². The fourth-order valence-electron chi connectivity index (χ4n) is 8.53. The Morgan fingerprint density at radius 1 is 1.09 bits per heavy atom. The fourth-order valence-corrected chi connectivity index (χ4v) is 8.53. The second-order valence-corrected chi connectivity index (χ2v) is 14.2. The minimum absolute atomic E-state index is 0.00986. The SMILES string of the molecule is CCc1c(F)ccc2cc(O)cc(-c3nc4c5c(nc(OC[C@@]67CC(C(C)C)CN6C[C@H](F)C7)nc5c3F)N3CCCC[C@H]3CO4)c12. The summed E-state index contributed by atoms with van der Waals surface area (Å²) in [6.07, 6.45) is 3.50. The molecule has 3 saturated heterocycles. The summed E-state index contributed by atoms with van der Waals surface area (Å²) in [5.41, 5.74) is 0.0721. The third kappa shape index (κ3) is 4.95. The predicted octanol–water partition coefficient (Wildman–Crippen LogP) is 6.98. The maximum absolute atomic E-state index is 17.0. The first-order valence-electron chi connectivity index (χ1n) is 16.9. The second-order valence-electron chi connectivity index (χ2n) is 14.2. The van der Waals surface area contributed by atoms with Crippen molar-refractivity contribution in [1.82, 2.24) is 19.9 Å². The molecule has 0 aliphatic carbocycles. The van der Waals surface area contributed by atoms with Crippen molar-refractivity contribution in [2.24, 2.45) is 11.8 Å². The van der Waals surface area contributed by atoms with Crippen molar-refractivity contribution < 1.29 is 27.8 Å². The minimum atomic E-state index is -0.927. The number of aryl methyl sites for hydroxylation is 1. The van der Waals surface area contributed by atoms with Gasteiger partial charge in [0.2, 0.25) is 5.88 Å². The quantitative estimate of drug-likeness (QED) is 0.240. The molecule has 4 aromatic rings. The highest BCUT2D eigenvalue weighted by atomic mass is 19.1. The molecular formula is C36H40F3N5O3. The average molecular weight is 648 g/mol. The van der Waals surface area contributed by atoms with Crippen LogP contribution < -0.4 is 14.4 Å². The number of hydrogen-bond donors (Lipinski definition) is 1. The van der Waals surface area contributed by atoms with Crippen LogP contribution in [0, 0.1) is 23.5 Å². The van der Waals surface area contributed by atoms with E-state index < -0.39 is 23.3 Å². The number of phenolic OH excluding ortho intramolecular Hbond substituents is 1. The Kier molecular flexibility index (Phi) is 7.38. The summed E-state index contributed by atoms with van der Waals surface area (Å²) < 4.78 is 59.6. The van der Waals surface area contributed by atoms with Crippen molar-refractivity contribution in [1.29, 1.82) is 0 Å². The third-order valence-electron chi connectivity index (χ3n) is 11.0. The monoisotopic (exact) mass is 647 g/mol. The molecule has 0 radical (unpaired) electrons. The first-order chi connectivity index (χ1) is 22.7. The molecule has 1 unspecified atom stereocenters. The van der Waals surface area contributed by atoms with E-state index in [1.54, 1.807) is 6.07 Å². The third-order valence-corrected chi connectivity index (χ3v) is 11.0. The standard InChI is InChI=1S/C36H40F3N5O3/c1-4-25-27(38)9-8-20-11-24(45)12-26(28(20)25)31-30(39)32-29-33(44-10-6-5-7-23(44)17-46-34(29)40-31)42-35(41-32)47-18-36-13-21(19(2)3)15-43(36)16-22(37)14-36/h8-9,11-12,19,21-23,45H,4-7,10,13-18H2,1-3H3/t21?,22-,23+,36+/m1/s1. The number of pyridine rings is 1. The zero-order valence-electron chi connectivity index (χ0n) is 27.0. The Morgan fingerprint density at radius 2 is 1.94 bits per heavy atom. The van der Waals surface area contributed by atoms with Crippen molar-refractivity contribution in [3.05, 3.63) is 41.5 Å². The zero-order chi connectivity index (χ0) is 32.6. The first-order valence-corrected chi connectivity index (χ1v) is 16.9. The van der Waals surface area contributed by atoms with E-state index in [0.717, 1.165) is 38.8 Å². The predicted molar refractivity (Wildman–Crippen MR) is 174 cm³/mol. The summed E-state index contributed by atoms with van der Waals surface area (Å²) in [6.45, 7) is 8.69. The summed E-state index contributed by atoms with van der Waals surface area (Å²) in [5.74, 6) is 0.350. The number of piperidine rings is 1. The maximum atomic E-state index is 17.0. The lowest BCUT2D eigenvalue weighted by atomic mass is 9.85. The van der Waals surface area contributed by atoms with E-state index in [0.29, 0.717) is 65.4 Å². The van der Waals surface area contributed by atoms with Gasteiger partial charge in [0.25, 0.3) is 0 Å². The molecule has 1 N–H and O–H groups in total. The van der Waals surface area contributed by atoms with Crippen LogP contribution in [0.3, 0.4) is 0 Å². The summed E-state index contributed by atoms with van der Waals surface area (Å²) in [6, 6.07) is 5.91. The van der Waals surface area contributed by atoms with Gasteiger partial charge in [-0.05, 0) is 78.5 Å². The molecule has 47 heavy (non-hydrogen) atoms. The van der Waals surface area contributed by atoms with Gasteiger partial charge in [-0.15, -0.1) is 0 Å². The van der Waals surface area contributed by atoms with Gasteiger partial charge in [0.05, 0.1) is 11.6 Å². The lowest BCUT2D eigenvalue weighted by molar-refractivity contribution is 0.107. The number of aromatic hydroxyl groups is 1. The molecule has 4 atom stereocenters.